The van der Waals surface area contributed by atoms with E-state index in [0.717, 1.165) is 33.3 Å². The molecule has 0 aliphatic heterocycles. The molecule has 0 radical (unpaired) electrons. The van der Waals surface area contributed by atoms with E-state index in [2.05, 4.69) is 44.3 Å². The molecule has 33 heavy (non-hydrogen) atoms. The van der Waals surface area contributed by atoms with Crippen molar-refractivity contribution in [2.45, 2.75) is 26.3 Å². The monoisotopic (exact) mass is 440 g/mol. The molecule has 0 atom stereocenters. The molecule has 0 amide bonds. The first kappa shape index (κ1) is 21.8. The SMILES string of the molecule is CC(C)c1cnnc(Nc2ccc3ncc(C(C=[NH+]Cc4ccc(N)nc4)=CN)cc3n2)c1. The number of nitrogens with two attached hydrogens (primary N) is 2. The van der Waals surface area contributed by atoms with Gasteiger partial charge in [0.25, 0.3) is 0 Å². The van der Waals surface area contributed by atoms with Crippen LogP contribution in [0.2, 0.25) is 0 Å². The van der Waals surface area contributed by atoms with E-state index in [1.54, 1.807) is 24.7 Å². The Morgan fingerprint density at radius 1 is 1.03 bits per heavy atom. The highest BCUT2D eigenvalue weighted by Crippen LogP contribution is 2.21. The molecule has 0 aromatic carbocycles. The Morgan fingerprint density at radius 2 is 1.91 bits per heavy atom. The van der Waals surface area contributed by atoms with Gasteiger partial charge in [0.15, 0.2) is 18.6 Å². The number of nitrogen functional groups attached to an aromatic ring is 1. The van der Waals surface area contributed by atoms with Crippen LogP contribution in [-0.2, 0) is 6.54 Å². The number of aromatic nitrogens is 5. The van der Waals surface area contributed by atoms with Crippen LogP contribution in [0.4, 0.5) is 17.5 Å². The van der Waals surface area contributed by atoms with Crippen molar-refractivity contribution < 1.29 is 4.99 Å². The second-order valence-electron chi connectivity index (χ2n) is 7.85. The maximum absolute atomic E-state index is 5.88. The van der Waals surface area contributed by atoms with Gasteiger partial charge in [-0.3, -0.25) is 4.98 Å². The summed E-state index contributed by atoms with van der Waals surface area (Å²) in [5.41, 5.74) is 16.8. The van der Waals surface area contributed by atoms with Crippen molar-refractivity contribution in [3.8, 4) is 0 Å². The zero-order valence-corrected chi connectivity index (χ0v) is 18.5. The molecular weight excluding hydrogens is 414 g/mol. The molecular formula is C24H26N9+. The highest BCUT2D eigenvalue weighted by atomic mass is 15.2. The van der Waals surface area contributed by atoms with E-state index in [0.29, 0.717) is 29.9 Å². The first-order valence-electron chi connectivity index (χ1n) is 10.6. The van der Waals surface area contributed by atoms with E-state index in [-0.39, 0.29) is 0 Å². The number of anilines is 3. The van der Waals surface area contributed by atoms with Crippen LogP contribution < -0.4 is 21.8 Å². The fraction of sp³-hybridized carbons (Fsp3) is 0.167. The van der Waals surface area contributed by atoms with E-state index in [1.165, 1.54) is 6.20 Å². The molecule has 4 heterocycles. The number of rotatable bonds is 7. The van der Waals surface area contributed by atoms with Gasteiger partial charge in [-0.2, -0.15) is 5.10 Å². The number of pyridine rings is 3. The lowest BCUT2D eigenvalue weighted by Gasteiger charge is -2.09. The van der Waals surface area contributed by atoms with Gasteiger partial charge in [0.05, 0.1) is 22.8 Å². The van der Waals surface area contributed by atoms with Gasteiger partial charge in [0.1, 0.15) is 11.6 Å². The molecule has 166 valence electrons. The van der Waals surface area contributed by atoms with Gasteiger partial charge in [-0.05, 0) is 47.9 Å². The Labute approximate surface area is 191 Å². The average molecular weight is 441 g/mol. The number of hydrogen-bond donors (Lipinski definition) is 4. The van der Waals surface area contributed by atoms with Gasteiger partial charge in [-0.25, -0.2) is 15.0 Å². The standard InChI is InChI=1S/C24H25N9/c1-15(2)17-8-24(33-30-14-17)32-23-6-4-20-21(31-23)7-18(13-28-20)19(9-25)12-27-10-16-3-5-22(26)29-11-16/h3-9,11-15H,10,25H2,1-2H3,(H2,26,29)(H,31,32,33)/p+1. The van der Waals surface area contributed by atoms with E-state index in [1.807, 2.05) is 36.5 Å². The quantitative estimate of drug-likeness (QED) is 0.319. The molecule has 9 heteroatoms. The maximum Gasteiger partial charge on any atom is 0.171 e. The van der Waals surface area contributed by atoms with Crippen LogP contribution in [0.5, 0.6) is 0 Å². The van der Waals surface area contributed by atoms with Crippen molar-refractivity contribution in [2.75, 3.05) is 11.1 Å². The van der Waals surface area contributed by atoms with Crippen molar-refractivity contribution in [3.05, 3.63) is 77.9 Å². The maximum atomic E-state index is 5.88. The smallest absolute Gasteiger partial charge is 0.171 e. The van der Waals surface area contributed by atoms with Gasteiger partial charge < -0.3 is 16.8 Å². The number of nitrogens with one attached hydrogen (secondary N) is 2. The fourth-order valence-corrected chi connectivity index (χ4v) is 3.17. The highest BCUT2D eigenvalue weighted by Gasteiger charge is 2.08. The van der Waals surface area contributed by atoms with Crippen LogP contribution in [-0.4, -0.2) is 31.4 Å². The number of nitrogens with zero attached hydrogens (tertiary/aromatic N) is 5. The van der Waals surface area contributed by atoms with Crippen molar-refractivity contribution in [3.63, 3.8) is 0 Å². The second kappa shape index (κ2) is 9.82. The summed E-state index contributed by atoms with van der Waals surface area (Å²) in [7, 11) is 0. The molecule has 9 nitrogen and oxygen atoms in total. The third kappa shape index (κ3) is 5.45. The minimum Gasteiger partial charge on any atom is -0.404 e. The zero-order valence-electron chi connectivity index (χ0n) is 18.5. The van der Waals surface area contributed by atoms with Gasteiger partial charge >= 0.3 is 0 Å². The minimum absolute atomic E-state index is 0.361. The van der Waals surface area contributed by atoms with Crippen molar-refractivity contribution in [1.29, 1.82) is 0 Å². The molecule has 0 aliphatic carbocycles. The van der Waals surface area contributed by atoms with Crippen LogP contribution in [0.15, 0.2) is 61.2 Å². The summed E-state index contributed by atoms with van der Waals surface area (Å²) in [6.07, 6.45) is 8.66. The van der Waals surface area contributed by atoms with E-state index < -0.39 is 0 Å². The molecule has 4 rings (SSSR count). The largest absolute Gasteiger partial charge is 0.404 e. The molecule has 0 bridgehead atoms. The highest BCUT2D eigenvalue weighted by molar-refractivity contribution is 6.07. The van der Waals surface area contributed by atoms with Crippen LogP contribution in [0.1, 0.15) is 36.5 Å². The predicted octanol–water partition coefficient (Wildman–Crippen LogP) is 1.92. The normalized spacial score (nSPS) is 12.0. The zero-order chi connectivity index (χ0) is 23.2. The molecule has 0 fully saturated rings. The Morgan fingerprint density at radius 3 is 2.67 bits per heavy atom. The summed E-state index contributed by atoms with van der Waals surface area (Å²) in [5.74, 6) is 2.16. The van der Waals surface area contributed by atoms with Gasteiger partial charge in [-0.15, -0.1) is 5.10 Å². The third-order valence-electron chi connectivity index (χ3n) is 5.06. The Kier molecular flexibility index (Phi) is 6.49. The van der Waals surface area contributed by atoms with Gasteiger partial charge in [-0.1, -0.05) is 13.8 Å². The number of allylic oxidation sites excluding steroid dienone is 1. The molecule has 6 N–H and O–H groups in total. The molecule has 0 unspecified atom stereocenters. The second-order valence-corrected chi connectivity index (χ2v) is 7.85. The van der Waals surface area contributed by atoms with E-state index >= 15 is 0 Å². The lowest BCUT2D eigenvalue weighted by atomic mass is 10.1. The summed E-state index contributed by atoms with van der Waals surface area (Å²) >= 11 is 0. The van der Waals surface area contributed by atoms with Gasteiger partial charge in [0, 0.05) is 29.7 Å². The topological polar surface area (TPSA) is 142 Å². The number of fused-ring (bicyclic) bond motifs is 1. The van der Waals surface area contributed by atoms with Crippen LogP contribution in [0.3, 0.4) is 0 Å². The summed E-state index contributed by atoms with van der Waals surface area (Å²) in [6, 6.07) is 11.4. The van der Waals surface area contributed by atoms with E-state index in [9.17, 15) is 0 Å². The van der Waals surface area contributed by atoms with E-state index in [4.69, 9.17) is 16.5 Å². The van der Waals surface area contributed by atoms with Gasteiger partial charge in [0.2, 0.25) is 0 Å². The predicted molar refractivity (Wildman–Crippen MR) is 130 cm³/mol. The lowest BCUT2D eigenvalue weighted by Crippen LogP contribution is -2.67. The fourth-order valence-electron chi connectivity index (χ4n) is 3.17. The first-order valence-corrected chi connectivity index (χ1v) is 10.6. The van der Waals surface area contributed by atoms with Crippen molar-refractivity contribution in [2.24, 2.45) is 5.73 Å². The molecule has 4 aromatic heterocycles. The molecule has 0 saturated heterocycles. The van der Waals surface area contributed by atoms with Crippen molar-refractivity contribution in [1.82, 2.24) is 25.1 Å². The Bertz CT molecular complexity index is 1310. The lowest BCUT2D eigenvalue weighted by molar-refractivity contribution is -0.468. The third-order valence-corrected chi connectivity index (χ3v) is 5.06. The number of hydrogen-bond acceptors (Lipinski definition) is 8. The molecule has 0 saturated carbocycles. The summed E-state index contributed by atoms with van der Waals surface area (Å²) in [5, 5.41) is 11.4. The molecule has 0 aliphatic rings. The van der Waals surface area contributed by atoms with Crippen molar-refractivity contribution >= 4 is 40.3 Å². The summed E-state index contributed by atoms with van der Waals surface area (Å²) < 4.78 is 0. The Balaban J connectivity index is 1.54. The minimum atomic E-state index is 0.361. The molecule has 4 aromatic rings. The van der Waals surface area contributed by atoms with Crippen LogP contribution >= 0.6 is 0 Å². The molecule has 0 spiro atoms. The first-order chi connectivity index (χ1) is 16.0. The summed E-state index contributed by atoms with van der Waals surface area (Å²) in [6.45, 7) is 4.82. The van der Waals surface area contributed by atoms with Crippen LogP contribution in [0, 0.1) is 0 Å². The average Bonchev–Trinajstić information content (AvgIpc) is 2.83. The summed E-state index contributed by atoms with van der Waals surface area (Å²) in [4.78, 5) is 16.6. The van der Waals surface area contributed by atoms with Crippen LogP contribution in [0.25, 0.3) is 16.6 Å². The Hall–Kier alpha value is -4.40.